The Hall–Kier alpha value is -1.88. The first kappa shape index (κ1) is 16.5. The molecule has 1 aromatic carbocycles. The zero-order valence-corrected chi connectivity index (χ0v) is 13.2. The van der Waals surface area contributed by atoms with Crippen LogP contribution in [0.5, 0.6) is 0 Å². The quantitative estimate of drug-likeness (QED) is 0.807. The summed E-state index contributed by atoms with van der Waals surface area (Å²) in [5, 5.41) is 2.66. The van der Waals surface area contributed by atoms with Crippen LogP contribution in [-0.2, 0) is 38.3 Å². The number of nitrogens with one attached hydrogen (secondary N) is 1. The molecule has 0 saturated heterocycles. The summed E-state index contributed by atoms with van der Waals surface area (Å²) in [6.45, 7) is 0.0998. The summed E-state index contributed by atoms with van der Waals surface area (Å²) in [4.78, 5) is 23.7. The first-order valence-corrected chi connectivity index (χ1v) is 7.61. The molecule has 0 radical (unpaired) electrons. The number of carbonyl (C=O) groups is 2. The van der Waals surface area contributed by atoms with Crippen molar-refractivity contribution in [3.63, 3.8) is 0 Å². The molecule has 1 atom stereocenters. The number of rotatable bonds is 6. The van der Waals surface area contributed by atoms with Gasteiger partial charge in [-0.1, -0.05) is 18.2 Å². The average Bonchev–Trinajstić information content (AvgIpc) is 2.53. The minimum atomic E-state index is -0.764. The summed E-state index contributed by atoms with van der Waals surface area (Å²) >= 11 is 0. The van der Waals surface area contributed by atoms with E-state index >= 15 is 0 Å². The monoisotopic (exact) mass is 305 g/mol. The molecule has 0 bridgehead atoms. The molecular weight excluding hydrogens is 282 g/mol. The van der Waals surface area contributed by atoms with Crippen molar-refractivity contribution in [1.82, 2.24) is 5.32 Å². The third-order valence-corrected chi connectivity index (χ3v) is 3.93. The molecule has 1 aliphatic rings. The second-order valence-electron chi connectivity index (χ2n) is 5.59. The molecule has 5 nitrogen and oxygen atoms in total. The summed E-state index contributed by atoms with van der Waals surface area (Å²) in [5.74, 6) is -0.705. The molecule has 0 aliphatic heterocycles. The lowest BCUT2D eigenvalue weighted by molar-refractivity contribution is -0.146. The van der Waals surface area contributed by atoms with Gasteiger partial charge < -0.3 is 14.8 Å². The Kier molecular flexibility index (Phi) is 5.95. The van der Waals surface area contributed by atoms with E-state index in [1.807, 2.05) is 6.07 Å². The molecule has 0 spiro atoms. The predicted octanol–water partition coefficient (Wildman–Crippen LogP) is 1.41. The van der Waals surface area contributed by atoms with Crippen LogP contribution >= 0.6 is 0 Å². The van der Waals surface area contributed by atoms with Gasteiger partial charge >= 0.3 is 5.97 Å². The van der Waals surface area contributed by atoms with Crippen molar-refractivity contribution >= 4 is 11.9 Å². The highest BCUT2D eigenvalue weighted by atomic mass is 16.5. The largest absolute Gasteiger partial charge is 0.467 e. The molecular formula is C17H23NO4. The van der Waals surface area contributed by atoms with Gasteiger partial charge in [-0.05, 0) is 42.4 Å². The lowest BCUT2D eigenvalue weighted by Gasteiger charge is -2.18. The van der Waals surface area contributed by atoms with Gasteiger partial charge in [0, 0.05) is 7.11 Å². The third-order valence-electron chi connectivity index (χ3n) is 3.93. The van der Waals surface area contributed by atoms with E-state index in [1.165, 1.54) is 38.2 Å². The second-order valence-corrected chi connectivity index (χ2v) is 5.59. The summed E-state index contributed by atoms with van der Waals surface area (Å²) in [5.41, 5.74) is 3.71. The second kappa shape index (κ2) is 7.94. The number of amides is 1. The number of carbonyl (C=O) groups excluding carboxylic acids is 2. The molecule has 0 saturated carbocycles. The zero-order chi connectivity index (χ0) is 15.9. The van der Waals surface area contributed by atoms with Crippen molar-refractivity contribution in [3.8, 4) is 0 Å². The molecule has 1 aliphatic carbocycles. The maximum absolute atomic E-state index is 12.1. The van der Waals surface area contributed by atoms with E-state index in [2.05, 4.69) is 22.2 Å². The topological polar surface area (TPSA) is 64.6 Å². The molecule has 1 amide bonds. The fourth-order valence-corrected chi connectivity index (χ4v) is 2.81. The SMILES string of the molecule is COCC(NC(=O)Cc1ccc2c(c1)CCCC2)C(=O)OC. The Morgan fingerprint density at radius 3 is 2.59 bits per heavy atom. The molecule has 2 rings (SSSR count). The first-order chi connectivity index (χ1) is 10.6. The Balaban J connectivity index is 1.97. The maximum atomic E-state index is 12.1. The molecule has 120 valence electrons. The van der Waals surface area contributed by atoms with E-state index in [-0.39, 0.29) is 18.9 Å². The highest BCUT2D eigenvalue weighted by molar-refractivity contribution is 5.85. The van der Waals surface area contributed by atoms with Crippen LogP contribution in [0.1, 0.15) is 29.5 Å². The number of hydrogen-bond donors (Lipinski definition) is 1. The van der Waals surface area contributed by atoms with Crippen molar-refractivity contribution in [3.05, 3.63) is 34.9 Å². The van der Waals surface area contributed by atoms with E-state index in [0.717, 1.165) is 18.4 Å². The Morgan fingerprint density at radius 1 is 1.18 bits per heavy atom. The first-order valence-electron chi connectivity index (χ1n) is 7.61. The summed E-state index contributed by atoms with van der Waals surface area (Å²) < 4.78 is 9.59. The molecule has 1 aromatic rings. The van der Waals surface area contributed by atoms with Crippen LogP contribution in [0.3, 0.4) is 0 Å². The van der Waals surface area contributed by atoms with Crippen molar-refractivity contribution in [2.45, 2.75) is 38.1 Å². The van der Waals surface area contributed by atoms with Gasteiger partial charge in [-0.3, -0.25) is 4.79 Å². The van der Waals surface area contributed by atoms with Crippen LogP contribution in [0, 0.1) is 0 Å². The minimum Gasteiger partial charge on any atom is -0.467 e. The molecule has 0 fully saturated rings. The van der Waals surface area contributed by atoms with Gasteiger partial charge in [-0.15, -0.1) is 0 Å². The van der Waals surface area contributed by atoms with Gasteiger partial charge in [0.15, 0.2) is 6.04 Å². The fourth-order valence-electron chi connectivity index (χ4n) is 2.81. The lowest BCUT2D eigenvalue weighted by atomic mass is 9.90. The molecule has 0 aromatic heterocycles. The number of methoxy groups -OCH3 is 2. The zero-order valence-electron chi connectivity index (χ0n) is 13.2. The van der Waals surface area contributed by atoms with Gasteiger partial charge in [-0.2, -0.15) is 0 Å². The van der Waals surface area contributed by atoms with E-state index in [1.54, 1.807) is 0 Å². The van der Waals surface area contributed by atoms with Crippen LogP contribution in [0.15, 0.2) is 18.2 Å². The summed E-state index contributed by atoms with van der Waals surface area (Å²) in [6.07, 6.45) is 4.91. The van der Waals surface area contributed by atoms with Gasteiger partial charge in [-0.25, -0.2) is 4.79 Å². The smallest absolute Gasteiger partial charge is 0.330 e. The Labute approximate surface area is 131 Å². The van der Waals surface area contributed by atoms with E-state index in [0.29, 0.717) is 0 Å². The van der Waals surface area contributed by atoms with Crippen LogP contribution in [0.4, 0.5) is 0 Å². The Bertz CT molecular complexity index is 541. The van der Waals surface area contributed by atoms with Crippen molar-refractivity contribution in [2.75, 3.05) is 20.8 Å². The number of fused-ring (bicyclic) bond motifs is 1. The third kappa shape index (κ3) is 4.31. The lowest BCUT2D eigenvalue weighted by Crippen LogP contribution is -2.45. The standard InChI is InChI=1S/C17H23NO4/c1-21-11-15(17(20)22-2)18-16(19)10-12-7-8-13-5-3-4-6-14(13)9-12/h7-9,15H,3-6,10-11H2,1-2H3,(H,18,19). The van der Waals surface area contributed by atoms with Gasteiger partial charge in [0.05, 0.1) is 20.1 Å². The summed E-state index contributed by atoms with van der Waals surface area (Å²) in [7, 11) is 2.77. The average molecular weight is 305 g/mol. The van der Waals surface area contributed by atoms with Crippen molar-refractivity contribution < 1.29 is 19.1 Å². The maximum Gasteiger partial charge on any atom is 0.330 e. The fraction of sp³-hybridized carbons (Fsp3) is 0.529. The predicted molar refractivity (Wildman–Crippen MR) is 82.6 cm³/mol. The van der Waals surface area contributed by atoms with Crippen molar-refractivity contribution in [2.24, 2.45) is 0 Å². The molecule has 5 heteroatoms. The summed E-state index contributed by atoms with van der Waals surface area (Å²) in [6, 6.07) is 5.45. The van der Waals surface area contributed by atoms with Gasteiger partial charge in [0.1, 0.15) is 0 Å². The number of ether oxygens (including phenoxy) is 2. The number of aryl methyl sites for hydroxylation is 2. The number of esters is 1. The molecule has 1 N–H and O–H groups in total. The van der Waals surface area contributed by atoms with Crippen molar-refractivity contribution in [1.29, 1.82) is 0 Å². The van der Waals surface area contributed by atoms with E-state index in [4.69, 9.17) is 4.74 Å². The normalized spacial score (nSPS) is 14.8. The van der Waals surface area contributed by atoms with Crippen LogP contribution in [0.25, 0.3) is 0 Å². The number of hydrogen-bond acceptors (Lipinski definition) is 4. The molecule has 1 unspecified atom stereocenters. The Morgan fingerprint density at radius 2 is 1.91 bits per heavy atom. The highest BCUT2D eigenvalue weighted by Crippen LogP contribution is 2.22. The van der Waals surface area contributed by atoms with Gasteiger partial charge in [0.25, 0.3) is 0 Å². The van der Waals surface area contributed by atoms with Gasteiger partial charge in [0.2, 0.25) is 5.91 Å². The molecule has 22 heavy (non-hydrogen) atoms. The van der Waals surface area contributed by atoms with Crippen LogP contribution in [0.2, 0.25) is 0 Å². The van der Waals surface area contributed by atoms with E-state index in [9.17, 15) is 9.59 Å². The van der Waals surface area contributed by atoms with Crippen LogP contribution < -0.4 is 5.32 Å². The number of benzene rings is 1. The minimum absolute atomic E-state index is 0.0998. The van der Waals surface area contributed by atoms with Crippen LogP contribution in [-0.4, -0.2) is 38.7 Å². The van der Waals surface area contributed by atoms with E-state index < -0.39 is 12.0 Å². The molecule has 0 heterocycles. The highest BCUT2D eigenvalue weighted by Gasteiger charge is 2.21.